The van der Waals surface area contributed by atoms with E-state index in [1.807, 2.05) is 19.1 Å². The van der Waals surface area contributed by atoms with Crippen LogP contribution >= 0.6 is 0 Å². The molecule has 22 heavy (non-hydrogen) atoms. The summed E-state index contributed by atoms with van der Waals surface area (Å²) in [5, 5.41) is 12.7. The molecule has 2 rings (SSSR count). The molecule has 0 spiro atoms. The molecule has 1 heterocycles. The minimum atomic E-state index is -0.703. The van der Waals surface area contributed by atoms with Crippen molar-refractivity contribution in [3.63, 3.8) is 0 Å². The van der Waals surface area contributed by atoms with E-state index in [-0.39, 0.29) is 6.54 Å². The third kappa shape index (κ3) is 3.91. The first-order valence-corrected chi connectivity index (χ1v) is 7.18. The molecule has 0 radical (unpaired) electrons. The molecule has 1 aromatic heterocycles. The second-order valence-corrected chi connectivity index (χ2v) is 4.72. The predicted molar refractivity (Wildman–Crippen MR) is 82.0 cm³/mol. The van der Waals surface area contributed by atoms with Crippen LogP contribution in [-0.2, 0) is 29.1 Å². The Labute approximate surface area is 128 Å². The summed E-state index contributed by atoms with van der Waals surface area (Å²) in [5.74, 6) is -0.798. The van der Waals surface area contributed by atoms with Crippen molar-refractivity contribution in [2.24, 2.45) is 0 Å². The van der Waals surface area contributed by atoms with Gasteiger partial charge in [-0.2, -0.15) is 0 Å². The molecule has 2 N–H and O–H groups in total. The smallest absolute Gasteiger partial charge is 0.313 e. The molecule has 7 nitrogen and oxygen atoms in total. The summed E-state index contributed by atoms with van der Waals surface area (Å²) in [7, 11) is 0. The van der Waals surface area contributed by atoms with E-state index in [1.165, 1.54) is 5.56 Å². The summed E-state index contributed by atoms with van der Waals surface area (Å²) in [6, 6.07) is 7.38. The molecule has 0 aliphatic heterocycles. The largest absolute Gasteiger partial charge is 0.341 e. The van der Waals surface area contributed by atoms with E-state index in [2.05, 4.69) is 27.8 Å². The van der Waals surface area contributed by atoms with Crippen molar-refractivity contribution in [1.82, 2.24) is 20.1 Å². The van der Waals surface area contributed by atoms with Gasteiger partial charge in [0.2, 0.25) is 0 Å². The minimum Gasteiger partial charge on any atom is -0.341 e. The average Bonchev–Trinajstić information content (AvgIpc) is 3.00. The zero-order chi connectivity index (χ0) is 15.9. The highest BCUT2D eigenvalue weighted by molar-refractivity contribution is 6.39. The van der Waals surface area contributed by atoms with E-state index in [9.17, 15) is 9.59 Å². The highest BCUT2D eigenvalue weighted by atomic mass is 16.2. The monoisotopic (exact) mass is 301 g/mol. The van der Waals surface area contributed by atoms with E-state index in [0.29, 0.717) is 18.1 Å². The van der Waals surface area contributed by atoms with Gasteiger partial charge < -0.3 is 15.2 Å². The Morgan fingerprint density at radius 2 is 1.86 bits per heavy atom. The Balaban J connectivity index is 1.87. The maximum atomic E-state index is 11.8. The molecule has 0 bridgehead atoms. The van der Waals surface area contributed by atoms with E-state index < -0.39 is 11.8 Å². The normalized spacial score (nSPS) is 10.3. The van der Waals surface area contributed by atoms with Gasteiger partial charge in [0.15, 0.2) is 5.82 Å². The van der Waals surface area contributed by atoms with Crippen molar-refractivity contribution >= 4 is 17.5 Å². The number of benzene rings is 1. The van der Waals surface area contributed by atoms with Gasteiger partial charge in [-0.3, -0.25) is 9.59 Å². The lowest BCUT2D eigenvalue weighted by Crippen LogP contribution is -2.35. The van der Waals surface area contributed by atoms with Crippen LogP contribution in [0.3, 0.4) is 0 Å². The number of nitrogens with zero attached hydrogens (tertiary/aromatic N) is 3. The fraction of sp³-hybridized carbons (Fsp3) is 0.333. The zero-order valence-electron chi connectivity index (χ0n) is 12.7. The van der Waals surface area contributed by atoms with Gasteiger partial charge in [-0.15, -0.1) is 10.2 Å². The van der Waals surface area contributed by atoms with E-state index in [4.69, 9.17) is 0 Å². The quantitative estimate of drug-likeness (QED) is 0.810. The number of rotatable bonds is 5. The molecule has 7 heteroatoms. The van der Waals surface area contributed by atoms with Crippen molar-refractivity contribution in [2.45, 2.75) is 33.4 Å². The second-order valence-electron chi connectivity index (χ2n) is 4.72. The molecular formula is C15H19N5O2. The van der Waals surface area contributed by atoms with Gasteiger partial charge in [-0.05, 0) is 31.0 Å². The number of aromatic nitrogens is 3. The van der Waals surface area contributed by atoms with Crippen LogP contribution in [0.25, 0.3) is 0 Å². The van der Waals surface area contributed by atoms with Crippen LogP contribution in [0.5, 0.6) is 0 Å². The zero-order valence-corrected chi connectivity index (χ0v) is 12.7. The van der Waals surface area contributed by atoms with Gasteiger partial charge in [-0.25, -0.2) is 0 Å². The first-order chi connectivity index (χ1) is 10.6. The maximum absolute atomic E-state index is 11.8. The Hall–Kier alpha value is -2.70. The average molecular weight is 301 g/mol. The van der Waals surface area contributed by atoms with Crippen LogP contribution in [0.1, 0.15) is 25.2 Å². The molecule has 0 aliphatic carbocycles. The van der Waals surface area contributed by atoms with Gasteiger partial charge in [0.25, 0.3) is 0 Å². The lowest BCUT2D eigenvalue weighted by Gasteiger charge is -2.07. The molecular weight excluding hydrogens is 282 g/mol. The standard InChI is InChI=1S/C15H19N5O2/c1-3-11-5-7-12(8-6-11)18-15(22)14(21)16-9-13-19-17-10-20(13)4-2/h5-8,10H,3-4,9H2,1-2H3,(H,16,21)(H,18,22). The van der Waals surface area contributed by atoms with Crippen LogP contribution in [-0.4, -0.2) is 26.6 Å². The van der Waals surface area contributed by atoms with Crippen molar-refractivity contribution in [1.29, 1.82) is 0 Å². The number of amides is 2. The summed E-state index contributed by atoms with van der Waals surface area (Å²) in [5.41, 5.74) is 1.76. The Bertz CT molecular complexity index is 648. The molecule has 0 saturated heterocycles. The van der Waals surface area contributed by atoms with Crippen molar-refractivity contribution < 1.29 is 9.59 Å². The lowest BCUT2D eigenvalue weighted by molar-refractivity contribution is -0.136. The van der Waals surface area contributed by atoms with Gasteiger partial charge in [0, 0.05) is 12.2 Å². The molecule has 0 atom stereocenters. The third-order valence-electron chi connectivity index (χ3n) is 3.27. The summed E-state index contributed by atoms with van der Waals surface area (Å²) >= 11 is 0. The molecule has 1 aromatic carbocycles. The van der Waals surface area contributed by atoms with Crippen molar-refractivity contribution in [2.75, 3.05) is 5.32 Å². The topological polar surface area (TPSA) is 88.9 Å². The molecule has 2 aromatic rings. The first-order valence-electron chi connectivity index (χ1n) is 7.18. The molecule has 2 amide bonds. The minimum absolute atomic E-state index is 0.162. The number of hydrogen-bond acceptors (Lipinski definition) is 4. The Morgan fingerprint density at radius 1 is 1.14 bits per heavy atom. The third-order valence-corrected chi connectivity index (χ3v) is 3.27. The van der Waals surface area contributed by atoms with Gasteiger partial charge in [-0.1, -0.05) is 19.1 Å². The lowest BCUT2D eigenvalue weighted by atomic mass is 10.1. The van der Waals surface area contributed by atoms with Crippen LogP contribution in [0.15, 0.2) is 30.6 Å². The van der Waals surface area contributed by atoms with Crippen LogP contribution in [0.4, 0.5) is 5.69 Å². The number of aryl methyl sites for hydroxylation is 2. The van der Waals surface area contributed by atoms with E-state index >= 15 is 0 Å². The first kappa shape index (κ1) is 15.7. The fourth-order valence-corrected chi connectivity index (χ4v) is 1.93. The summed E-state index contributed by atoms with van der Waals surface area (Å²) in [6.45, 7) is 4.86. The van der Waals surface area contributed by atoms with Crippen molar-refractivity contribution in [3.8, 4) is 0 Å². The predicted octanol–water partition coefficient (Wildman–Crippen LogP) is 1.12. The Kier molecular flexibility index (Phi) is 5.24. The van der Waals surface area contributed by atoms with Crippen molar-refractivity contribution in [3.05, 3.63) is 42.0 Å². The fourth-order valence-electron chi connectivity index (χ4n) is 1.93. The number of hydrogen-bond donors (Lipinski definition) is 2. The molecule has 0 aliphatic rings. The number of nitrogens with one attached hydrogen (secondary N) is 2. The van der Waals surface area contributed by atoms with E-state index in [1.54, 1.807) is 23.0 Å². The Morgan fingerprint density at radius 3 is 2.50 bits per heavy atom. The maximum Gasteiger partial charge on any atom is 0.313 e. The SMILES string of the molecule is CCc1ccc(NC(=O)C(=O)NCc2nncn2CC)cc1. The van der Waals surface area contributed by atoms with Gasteiger partial charge in [0.1, 0.15) is 6.33 Å². The highest BCUT2D eigenvalue weighted by Crippen LogP contribution is 2.09. The molecule has 116 valence electrons. The summed E-state index contributed by atoms with van der Waals surface area (Å²) in [4.78, 5) is 23.6. The second kappa shape index (κ2) is 7.35. The highest BCUT2D eigenvalue weighted by Gasteiger charge is 2.14. The molecule has 0 fully saturated rings. The van der Waals surface area contributed by atoms with Crippen LogP contribution in [0.2, 0.25) is 0 Å². The molecule has 0 saturated carbocycles. The number of anilines is 1. The molecule has 0 unspecified atom stereocenters. The number of carbonyl (C=O) groups is 2. The van der Waals surface area contributed by atoms with Crippen LogP contribution < -0.4 is 10.6 Å². The summed E-state index contributed by atoms with van der Waals surface area (Å²) in [6.07, 6.45) is 2.50. The van der Waals surface area contributed by atoms with Gasteiger partial charge in [0.05, 0.1) is 6.54 Å². The van der Waals surface area contributed by atoms with Gasteiger partial charge >= 0.3 is 11.8 Å². The van der Waals surface area contributed by atoms with E-state index in [0.717, 1.165) is 6.42 Å². The van der Waals surface area contributed by atoms with Crippen LogP contribution in [0, 0.1) is 0 Å². The number of carbonyl (C=O) groups excluding carboxylic acids is 2. The summed E-state index contributed by atoms with van der Waals surface area (Å²) < 4.78 is 1.79.